The Bertz CT molecular complexity index is 670. The molecule has 0 radical (unpaired) electrons. The number of carbonyl (C=O) groups is 1. The summed E-state index contributed by atoms with van der Waals surface area (Å²) in [5.74, 6) is -0.0554. The molecule has 1 amide bonds. The Labute approximate surface area is 148 Å². The van der Waals surface area contributed by atoms with Crippen molar-refractivity contribution in [1.29, 1.82) is 0 Å². The van der Waals surface area contributed by atoms with Gasteiger partial charge in [0.15, 0.2) is 6.61 Å². The summed E-state index contributed by atoms with van der Waals surface area (Å²) in [6, 6.07) is 13.8. The molecule has 0 spiro atoms. The standard InChI is InChI=1S/C20H25FN2O2/c1-3-23(4-2)14-17-8-6-5-7-16(17)13-22-20(24)15-25-19-11-9-18(21)10-12-19/h5-12H,3-4,13-15H2,1-2H3,(H,22,24)/p+1. The number of amides is 1. The Morgan fingerprint density at radius 3 is 2.32 bits per heavy atom. The largest absolute Gasteiger partial charge is 0.484 e. The molecule has 0 heterocycles. The van der Waals surface area contributed by atoms with Crippen LogP contribution in [0, 0.1) is 5.82 Å². The van der Waals surface area contributed by atoms with Crippen molar-refractivity contribution < 1.29 is 18.8 Å². The highest BCUT2D eigenvalue weighted by atomic mass is 19.1. The molecule has 0 saturated heterocycles. The molecule has 4 nitrogen and oxygen atoms in total. The number of hydrogen-bond acceptors (Lipinski definition) is 2. The van der Waals surface area contributed by atoms with Crippen LogP contribution in [0.2, 0.25) is 0 Å². The molecule has 0 fully saturated rings. The monoisotopic (exact) mass is 345 g/mol. The van der Waals surface area contributed by atoms with Crippen molar-refractivity contribution in [2.24, 2.45) is 0 Å². The summed E-state index contributed by atoms with van der Waals surface area (Å²) in [6.07, 6.45) is 0. The van der Waals surface area contributed by atoms with E-state index in [0.717, 1.165) is 25.2 Å². The van der Waals surface area contributed by atoms with E-state index in [2.05, 4.69) is 25.2 Å². The number of nitrogens with one attached hydrogen (secondary N) is 2. The van der Waals surface area contributed by atoms with Gasteiger partial charge in [-0.1, -0.05) is 24.3 Å². The van der Waals surface area contributed by atoms with E-state index in [0.29, 0.717) is 12.3 Å². The average molecular weight is 345 g/mol. The van der Waals surface area contributed by atoms with Crippen LogP contribution >= 0.6 is 0 Å². The molecule has 2 aromatic carbocycles. The van der Waals surface area contributed by atoms with Crippen molar-refractivity contribution in [1.82, 2.24) is 5.32 Å². The van der Waals surface area contributed by atoms with Gasteiger partial charge in [0.05, 0.1) is 13.1 Å². The second-order valence-electron chi connectivity index (χ2n) is 5.92. The minimum absolute atomic E-state index is 0.0882. The zero-order valence-electron chi connectivity index (χ0n) is 14.8. The quantitative estimate of drug-likeness (QED) is 0.729. The number of rotatable bonds is 9. The summed E-state index contributed by atoms with van der Waals surface area (Å²) in [5, 5.41) is 2.88. The van der Waals surface area contributed by atoms with Gasteiger partial charge < -0.3 is 15.0 Å². The average Bonchev–Trinajstić information content (AvgIpc) is 2.64. The van der Waals surface area contributed by atoms with E-state index in [-0.39, 0.29) is 18.3 Å². The Hall–Kier alpha value is -2.40. The van der Waals surface area contributed by atoms with E-state index in [1.807, 2.05) is 18.2 Å². The van der Waals surface area contributed by atoms with Gasteiger partial charge in [0.25, 0.3) is 5.91 Å². The van der Waals surface area contributed by atoms with Gasteiger partial charge in [-0.15, -0.1) is 0 Å². The number of quaternary nitrogens is 1. The second-order valence-corrected chi connectivity index (χ2v) is 5.92. The molecule has 25 heavy (non-hydrogen) atoms. The summed E-state index contributed by atoms with van der Waals surface area (Å²) in [5.41, 5.74) is 2.37. The molecule has 0 saturated carbocycles. The molecule has 2 rings (SSSR count). The fourth-order valence-electron chi connectivity index (χ4n) is 2.60. The highest BCUT2D eigenvalue weighted by molar-refractivity contribution is 5.77. The molecule has 2 N–H and O–H groups in total. The van der Waals surface area contributed by atoms with Gasteiger partial charge in [0.1, 0.15) is 18.1 Å². The number of hydrogen-bond donors (Lipinski definition) is 2. The van der Waals surface area contributed by atoms with Crippen molar-refractivity contribution >= 4 is 5.91 Å². The Balaban J connectivity index is 1.85. The molecule has 0 bridgehead atoms. The van der Waals surface area contributed by atoms with Crippen LogP contribution in [0.15, 0.2) is 48.5 Å². The molecule has 0 atom stereocenters. The second kappa shape index (κ2) is 9.79. The van der Waals surface area contributed by atoms with E-state index in [1.165, 1.54) is 34.7 Å². The maximum atomic E-state index is 12.8. The fourth-order valence-corrected chi connectivity index (χ4v) is 2.60. The van der Waals surface area contributed by atoms with E-state index in [1.54, 1.807) is 0 Å². The maximum absolute atomic E-state index is 12.8. The first-order chi connectivity index (χ1) is 12.1. The summed E-state index contributed by atoms with van der Waals surface area (Å²) < 4.78 is 18.2. The van der Waals surface area contributed by atoms with Crippen molar-refractivity contribution in [3.05, 3.63) is 65.5 Å². The number of ether oxygens (including phenoxy) is 1. The first kappa shape index (κ1) is 18.9. The first-order valence-electron chi connectivity index (χ1n) is 8.67. The summed E-state index contributed by atoms with van der Waals surface area (Å²) >= 11 is 0. The van der Waals surface area contributed by atoms with Crippen LogP contribution in [-0.2, 0) is 17.9 Å². The van der Waals surface area contributed by atoms with Crippen LogP contribution in [0.25, 0.3) is 0 Å². The Morgan fingerprint density at radius 2 is 1.68 bits per heavy atom. The number of benzene rings is 2. The lowest BCUT2D eigenvalue weighted by atomic mass is 10.1. The van der Waals surface area contributed by atoms with Crippen LogP contribution in [0.3, 0.4) is 0 Å². The molecule has 134 valence electrons. The molecule has 2 aromatic rings. The molecular weight excluding hydrogens is 319 g/mol. The molecular formula is C20H26FN2O2+. The first-order valence-corrected chi connectivity index (χ1v) is 8.67. The van der Waals surface area contributed by atoms with Crippen molar-refractivity contribution in [3.8, 4) is 5.75 Å². The zero-order chi connectivity index (χ0) is 18.1. The molecule has 0 aliphatic rings. The van der Waals surface area contributed by atoms with Crippen LogP contribution in [0.5, 0.6) is 5.75 Å². The predicted molar refractivity (Wildman–Crippen MR) is 95.9 cm³/mol. The van der Waals surface area contributed by atoms with Gasteiger partial charge in [0, 0.05) is 12.1 Å². The molecule has 0 aliphatic carbocycles. The van der Waals surface area contributed by atoms with Gasteiger partial charge >= 0.3 is 0 Å². The van der Waals surface area contributed by atoms with Crippen LogP contribution in [-0.4, -0.2) is 25.6 Å². The number of carbonyl (C=O) groups excluding carboxylic acids is 1. The lowest BCUT2D eigenvalue weighted by Gasteiger charge is -2.18. The van der Waals surface area contributed by atoms with Crippen molar-refractivity contribution in [3.63, 3.8) is 0 Å². The van der Waals surface area contributed by atoms with Crippen molar-refractivity contribution in [2.75, 3.05) is 19.7 Å². The Morgan fingerprint density at radius 1 is 1.04 bits per heavy atom. The SMILES string of the molecule is CC[NH+](CC)Cc1ccccc1CNC(=O)COc1ccc(F)cc1. The van der Waals surface area contributed by atoms with Gasteiger partial charge in [-0.3, -0.25) is 4.79 Å². The summed E-state index contributed by atoms with van der Waals surface area (Å²) in [7, 11) is 0. The van der Waals surface area contributed by atoms with Gasteiger partial charge in [-0.25, -0.2) is 4.39 Å². The maximum Gasteiger partial charge on any atom is 0.258 e. The molecule has 0 unspecified atom stereocenters. The lowest BCUT2D eigenvalue weighted by molar-refractivity contribution is -0.910. The topological polar surface area (TPSA) is 42.8 Å². The third-order valence-electron chi connectivity index (χ3n) is 4.22. The Kier molecular flexibility index (Phi) is 7.41. The zero-order valence-corrected chi connectivity index (χ0v) is 14.8. The number of halogens is 1. The predicted octanol–water partition coefficient (Wildman–Crippen LogP) is 1.95. The fraction of sp³-hybridized carbons (Fsp3) is 0.350. The normalized spacial score (nSPS) is 10.7. The van der Waals surface area contributed by atoms with Crippen LogP contribution < -0.4 is 15.0 Å². The van der Waals surface area contributed by atoms with E-state index >= 15 is 0 Å². The van der Waals surface area contributed by atoms with E-state index in [4.69, 9.17) is 4.74 Å². The van der Waals surface area contributed by atoms with Crippen LogP contribution in [0.1, 0.15) is 25.0 Å². The van der Waals surface area contributed by atoms with Gasteiger partial charge in [-0.05, 0) is 43.7 Å². The smallest absolute Gasteiger partial charge is 0.258 e. The molecule has 5 heteroatoms. The summed E-state index contributed by atoms with van der Waals surface area (Å²) in [4.78, 5) is 13.5. The minimum Gasteiger partial charge on any atom is -0.484 e. The third kappa shape index (κ3) is 6.19. The van der Waals surface area contributed by atoms with Crippen molar-refractivity contribution in [2.45, 2.75) is 26.9 Å². The lowest BCUT2D eigenvalue weighted by Crippen LogP contribution is -3.10. The third-order valence-corrected chi connectivity index (χ3v) is 4.22. The van der Waals surface area contributed by atoms with E-state index < -0.39 is 0 Å². The summed E-state index contributed by atoms with van der Waals surface area (Å²) in [6.45, 7) is 7.83. The van der Waals surface area contributed by atoms with E-state index in [9.17, 15) is 9.18 Å². The highest BCUT2D eigenvalue weighted by Gasteiger charge is 2.10. The highest BCUT2D eigenvalue weighted by Crippen LogP contribution is 2.11. The van der Waals surface area contributed by atoms with Crippen LogP contribution in [0.4, 0.5) is 4.39 Å². The molecule has 0 aromatic heterocycles. The minimum atomic E-state index is -0.330. The van der Waals surface area contributed by atoms with Gasteiger partial charge in [-0.2, -0.15) is 0 Å². The van der Waals surface area contributed by atoms with Gasteiger partial charge in [0.2, 0.25) is 0 Å². The molecule has 0 aliphatic heterocycles.